The van der Waals surface area contributed by atoms with Crippen LogP contribution in [0.25, 0.3) is 5.82 Å². The standard InChI is InChI=1S/C24H23N5O/c30-24(23(19-9-3-1-4-10-19)20-11-5-2-6-12-20)26-14-13-25-21-17-22(28-18-27-21)29-15-7-8-16-29/h1-12,15-18,23H,13-14H2,(H,26,30)(H,25,27,28). The molecule has 150 valence electrons. The van der Waals surface area contributed by atoms with Gasteiger partial charge >= 0.3 is 0 Å². The maximum atomic E-state index is 13.0. The zero-order valence-corrected chi connectivity index (χ0v) is 16.5. The predicted molar refractivity (Wildman–Crippen MR) is 118 cm³/mol. The SMILES string of the molecule is O=C(NCCNc1cc(-n2cccc2)ncn1)C(c1ccccc1)c1ccccc1. The molecule has 0 aliphatic rings. The van der Waals surface area contributed by atoms with Crippen LogP contribution in [0.3, 0.4) is 0 Å². The largest absolute Gasteiger partial charge is 0.368 e. The second kappa shape index (κ2) is 9.52. The van der Waals surface area contributed by atoms with Crippen LogP contribution in [0.15, 0.2) is 97.6 Å². The average Bonchev–Trinajstić information content (AvgIpc) is 3.34. The molecular formula is C24H23N5O. The summed E-state index contributed by atoms with van der Waals surface area (Å²) in [4.78, 5) is 21.5. The van der Waals surface area contributed by atoms with Crippen LogP contribution in [0.4, 0.5) is 5.82 Å². The molecule has 6 heteroatoms. The Hall–Kier alpha value is -3.93. The maximum absolute atomic E-state index is 13.0. The molecule has 0 aliphatic heterocycles. The minimum Gasteiger partial charge on any atom is -0.368 e. The molecule has 2 aromatic heterocycles. The first kappa shape index (κ1) is 19.4. The van der Waals surface area contributed by atoms with Gasteiger partial charge in [-0.1, -0.05) is 60.7 Å². The quantitative estimate of drug-likeness (QED) is 0.446. The molecule has 0 aliphatic carbocycles. The molecule has 0 spiro atoms. The van der Waals surface area contributed by atoms with Crippen molar-refractivity contribution in [2.75, 3.05) is 18.4 Å². The van der Waals surface area contributed by atoms with Gasteiger partial charge < -0.3 is 15.2 Å². The van der Waals surface area contributed by atoms with E-state index in [9.17, 15) is 4.79 Å². The van der Waals surface area contributed by atoms with E-state index in [2.05, 4.69) is 20.6 Å². The number of rotatable bonds is 8. The lowest BCUT2D eigenvalue weighted by molar-refractivity contribution is -0.121. The van der Waals surface area contributed by atoms with E-state index < -0.39 is 0 Å². The Morgan fingerprint density at radius 1 is 0.833 bits per heavy atom. The van der Waals surface area contributed by atoms with E-state index in [4.69, 9.17) is 0 Å². The molecule has 4 aromatic rings. The Morgan fingerprint density at radius 2 is 1.47 bits per heavy atom. The van der Waals surface area contributed by atoms with E-state index in [0.29, 0.717) is 18.9 Å². The highest BCUT2D eigenvalue weighted by atomic mass is 16.1. The number of benzene rings is 2. The topological polar surface area (TPSA) is 71.8 Å². The van der Waals surface area contributed by atoms with E-state index in [-0.39, 0.29) is 11.8 Å². The highest BCUT2D eigenvalue weighted by Crippen LogP contribution is 2.24. The van der Waals surface area contributed by atoms with Gasteiger partial charge in [-0.25, -0.2) is 9.97 Å². The molecule has 0 radical (unpaired) electrons. The molecule has 2 N–H and O–H groups in total. The van der Waals surface area contributed by atoms with Crippen LogP contribution in [-0.2, 0) is 4.79 Å². The van der Waals surface area contributed by atoms with Gasteiger partial charge in [0.2, 0.25) is 5.91 Å². The Morgan fingerprint density at radius 3 is 2.10 bits per heavy atom. The first-order chi connectivity index (χ1) is 14.8. The average molecular weight is 397 g/mol. The van der Waals surface area contributed by atoms with Gasteiger partial charge in [0.1, 0.15) is 18.0 Å². The Labute approximate surface area is 175 Å². The van der Waals surface area contributed by atoms with Crippen LogP contribution in [-0.4, -0.2) is 33.5 Å². The molecule has 2 heterocycles. The van der Waals surface area contributed by atoms with Crippen LogP contribution < -0.4 is 10.6 Å². The van der Waals surface area contributed by atoms with Crippen LogP contribution in [0, 0.1) is 0 Å². The number of nitrogens with one attached hydrogen (secondary N) is 2. The number of hydrogen-bond acceptors (Lipinski definition) is 4. The number of carbonyl (C=O) groups is 1. The smallest absolute Gasteiger partial charge is 0.232 e. The number of hydrogen-bond donors (Lipinski definition) is 2. The van der Waals surface area contributed by atoms with Crippen LogP contribution in [0.1, 0.15) is 17.0 Å². The lowest BCUT2D eigenvalue weighted by Gasteiger charge is -2.18. The summed E-state index contributed by atoms with van der Waals surface area (Å²) >= 11 is 0. The summed E-state index contributed by atoms with van der Waals surface area (Å²) in [6.45, 7) is 1.04. The fraction of sp³-hybridized carbons (Fsp3) is 0.125. The van der Waals surface area contributed by atoms with E-state index in [1.54, 1.807) is 0 Å². The lowest BCUT2D eigenvalue weighted by Crippen LogP contribution is -2.33. The number of carbonyl (C=O) groups excluding carboxylic acids is 1. The summed E-state index contributed by atoms with van der Waals surface area (Å²) in [5.74, 6) is 1.14. The van der Waals surface area contributed by atoms with Crippen molar-refractivity contribution in [3.63, 3.8) is 0 Å². The highest BCUT2D eigenvalue weighted by molar-refractivity contribution is 5.87. The molecule has 2 aromatic carbocycles. The first-order valence-corrected chi connectivity index (χ1v) is 9.88. The normalized spacial score (nSPS) is 10.7. The Balaban J connectivity index is 1.37. The Kier molecular flexibility index (Phi) is 6.15. The molecular weight excluding hydrogens is 374 g/mol. The number of nitrogens with zero attached hydrogens (tertiary/aromatic N) is 3. The zero-order valence-electron chi connectivity index (χ0n) is 16.5. The van der Waals surface area contributed by atoms with Crippen molar-refractivity contribution in [3.05, 3.63) is 109 Å². The Bertz CT molecular complexity index is 1030. The summed E-state index contributed by atoms with van der Waals surface area (Å²) in [6, 6.07) is 25.4. The molecule has 0 unspecified atom stereocenters. The van der Waals surface area contributed by atoms with E-state index >= 15 is 0 Å². The fourth-order valence-corrected chi connectivity index (χ4v) is 3.34. The molecule has 0 fully saturated rings. The molecule has 0 bridgehead atoms. The van der Waals surface area contributed by atoms with Gasteiger partial charge in [-0.15, -0.1) is 0 Å². The molecule has 1 amide bonds. The van der Waals surface area contributed by atoms with Crippen molar-refractivity contribution in [1.82, 2.24) is 19.9 Å². The lowest BCUT2D eigenvalue weighted by atomic mass is 9.90. The predicted octanol–water partition coefficient (Wildman–Crippen LogP) is 3.63. The number of amides is 1. The first-order valence-electron chi connectivity index (χ1n) is 9.88. The maximum Gasteiger partial charge on any atom is 0.232 e. The van der Waals surface area contributed by atoms with Gasteiger partial charge in [0.15, 0.2) is 0 Å². The highest BCUT2D eigenvalue weighted by Gasteiger charge is 2.21. The van der Waals surface area contributed by atoms with Crippen LogP contribution >= 0.6 is 0 Å². The molecule has 0 saturated heterocycles. The van der Waals surface area contributed by atoms with Crippen molar-refractivity contribution in [2.24, 2.45) is 0 Å². The van der Waals surface area contributed by atoms with Crippen molar-refractivity contribution in [3.8, 4) is 5.82 Å². The monoisotopic (exact) mass is 397 g/mol. The van der Waals surface area contributed by atoms with Crippen molar-refractivity contribution in [1.29, 1.82) is 0 Å². The summed E-state index contributed by atoms with van der Waals surface area (Å²) in [5, 5.41) is 6.28. The fourth-order valence-electron chi connectivity index (χ4n) is 3.34. The third-order valence-electron chi connectivity index (χ3n) is 4.78. The van der Waals surface area contributed by atoms with E-state index in [1.807, 2.05) is 95.8 Å². The van der Waals surface area contributed by atoms with Gasteiger partial charge in [-0.2, -0.15) is 0 Å². The summed E-state index contributed by atoms with van der Waals surface area (Å²) in [7, 11) is 0. The van der Waals surface area contributed by atoms with Crippen molar-refractivity contribution in [2.45, 2.75) is 5.92 Å². The summed E-state index contributed by atoms with van der Waals surface area (Å²) < 4.78 is 1.92. The number of anilines is 1. The van der Waals surface area contributed by atoms with E-state index in [0.717, 1.165) is 16.9 Å². The minimum atomic E-state index is -0.341. The van der Waals surface area contributed by atoms with Crippen molar-refractivity contribution < 1.29 is 4.79 Å². The van der Waals surface area contributed by atoms with Crippen LogP contribution in [0.5, 0.6) is 0 Å². The molecule has 30 heavy (non-hydrogen) atoms. The third-order valence-corrected chi connectivity index (χ3v) is 4.78. The van der Waals surface area contributed by atoms with Gasteiger partial charge in [0, 0.05) is 31.5 Å². The van der Waals surface area contributed by atoms with Gasteiger partial charge in [-0.05, 0) is 23.3 Å². The number of aromatic nitrogens is 3. The molecule has 6 nitrogen and oxygen atoms in total. The third kappa shape index (κ3) is 4.72. The molecule has 0 saturated carbocycles. The summed E-state index contributed by atoms with van der Waals surface area (Å²) in [5.41, 5.74) is 1.95. The molecule has 4 rings (SSSR count). The van der Waals surface area contributed by atoms with Crippen LogP contribution in [0.2, 0.25) is 0 Å². The zero-order chi connectivity index (χ0) is 20.6. The second-order valence-corrected chi connectivity index (χ2v) is 6.82. The summed E-state index contributed by atoms with van der Waals surface area (Å²) in [6.07, 6.45) is 5.39. The van der Waals surface area contributed by atoms with Gasteiger partial charge in [-0.3, -0.25) is 4.79 Å². The van der Waals surface area contributed by atoms with Gasteiger partial charge in [0.25, 0.3) is 0 Å². The van der Waals surface area contributed by atoms with Crippen molar-refractivity contribution >= 4 is 11.7 Å². The molecule has 0 atom stereocenters. The van der Waals surface area contributed by atoms with Gasteiger partial charge in [0.05, 0.1) is 5.92 Å². The van der Waals surface area contributed by atoms with E-state index in [1.165, 1.54) is 6.33 Å². The second-order valence-electron chi connectivity index (χ2n) is 6.82. The minimum absolute atomic E-state index is 0.0232.